The first-order valence-electron chi connectivity index (χ1n) is 4.25. The minimum absolute atomic E-state index is 0.148. The SMILES string of the molecule is CC(C)[C@@H](N)c1ccc(C(F)(F)F)s1. The number of hydrogen-bond acceptors (Lipinski definition) is 2. The van der Waals surface area contributed by atoms with E-state index in [-0.39, 0.29) is 12.0 Å². The Balaban J connectivity index is 2.89. The first-order chi connectivity index (χ1) is 6.32. The molecule has 1 aromatic rings. The molecule has 0 fully saturated rings. The number of halogens is 3. The number of alkyl halides is 3. The molecule has 1 atom stereocenters. The Bertz CT molecular complexity index is 303. The molecule has 1 nitrogen and oxygen atoms in total. The monoisotopic (exact) mass is 223 g/mol. The van der Waals surface area contributed by atoms with Crippen molar-refractivity contribution in [3.63, 3.8) is 0 Å². The van der Waals surface area contributed by atoms with Gasteiger partial charge in [0.2, 0.25) is 0 Å². The summed E-state index contributed by atoms with van der Waals surface area (Å²) in [6, 6.07) is 2.23. The largest absolute Gasteiger partial charge is 0.425 e. The third kappa shape index (κ3) is 2.48. The van der Waals surface area contributed by atoms with Gasteiger partial charge in [-0.1, -0.05) is 13.8 Å². The lowest BCUT2D eigenvalue weighted by Crippen LogP contribution is -2.15. The second-order valence-corrected chi connectivity index (χ2v) is 4.58. The average molecular weight is 223 g/mol. The average Bonchev–Trinajstić information content (AvgIpc) is 2.49. The lowest BCUT2D eigenvalue weighted by Gasteiger charge is -2.13. The van der Waals surface area contributed by atoms with Crippen LogP contribution in [-0.2, 0) is 6.18 Å². The van der Waals surface area contributed by atoms with E-state index in [2.05, 4.69) is 0 Å². The van der Waals surface area contributed by atoms with Crippen molar-refractivity contribution in [2.75, 3.05) is 0 Å². The van der Waals surface area contributed by atoms with E-state index in [4.69, 9.17) is 5.73 Å². The molecular weight excluding hydrogens is 211 g/mol. The Morgan fingerprint density at radius 3 is 2.21 bits per heavy atom. The summed E-state index contributed by atoms with van der Waals surface area (Å²) in [7, 11) is 0. The van der Waals surface area contributed by atoms with Gasteiger partial charge >= 0.3 is 6.18 Å². The molecule has 5 heteroatoms. The standard InChI is InChI=1S/C9H12F3NS/c1-5(2)8(13)6-3-4-7(14-6)9(10,11)12/h3-5,8H,13H2,1-2H3/t8-/m1/s1. The molecule has 0 aromatic carbocycles. The molecule has 80 valence electrons. The summed E-state index contributed by atoms with van der Waals surface area (Å²) in [5.41, 5.74) is 5.74. The van der Waals surface area contributed by atoms with Crippen molar-refractivity contribution in [3.05, 3.63) is 21.9 Å². The molecule has 14 heavy (non-hydrogen) atoms. The molecule has 0 aliphatic rings. The van der Waals surface area contributed by atoms with Crippen molar-refractivity contribution in [2.45, 2.75) is 26.1 Å². The van der Waals surface area contributed by atoms with Crippen LogP contribution in [-0.4, -0.2) is 0 Å². The number of hydrogen-bond donors (Lipinski definition) is 1. The van der Waals surface area contributed by atoms with E-state index in [9.17, 15) is 13.2 Å². The molecule has 0 unspecified atom stereocenters. The minimum Gasteiger partial charge on any atom is -0.323 e. The fraction of sp³-hybridized carbons (Fsp3) is 0.556. The first kappa shape index (κ1) is 11.5. The van der Waals surface area contributed by atoms with E-state index in [1.54, 1.807) is 0 Å². The zero-order chi connectivity index (χ0) is 10.9. The van der Waals surface area contributed by atoms with Gasteiger partial charge in [0.25, 0.3) is 0 Å². The van der Waals surface area contributed by atoms with Gasteiger partial charge in [0, 0.05) is 10.9 Å². The van der Waals surface area contributed by atoms with E-state index >= 15 is 0 Å². The summed E-state index contributed by atoms with van der Waals surface area (Å²) in [6.45, 7) is 3.77. The zero-order valence-electron chi connectivity index (χ0n) is 7.93. The second-order valence-electron chi connectivity index (χ2n) is 3.47. The van der Waals surface area contributed by atoms with Crippen LogP contribution in [0.4, 0.5) is 13.2 Å². The maximum atomic E-state index is 12.2. The summed E-state index contributed by atoms with van der Waals surface area (Å²) in [5.74, 6) is 0.148. The molecule has 0 saturated heterocycles. The molecule has 1 rings (SSSR count). The van der Waals surface area contributed by atoms with Gasteiger partial charge in [0.15, 0.2) is 0 Å². The van der Waals surface area contributed by atoms with E-state index in [1.807, 2.05) is 13.8 Å². The van der Waals surface area contributed by atoms with Crippen LogP contribution in [0.2, 0.25) is 0 Å². The fourth-order valence-corrected chi connectivity index (χ4v) is 2.06. The number of rotatable bonds is 2. The quantitative estimate of drug-likeness (QED) is 0.816. The van der Waals surface area contributed by atoms with Gasteiger partial charge in [0.1, 0.15) is 4.88 Å². The molecule has 0 radical (unpaired) electrons. The van der Waals surface area contributed by atoms with Crippen LogP contribution in [0.5, 0.6) is 0 Å². The van der Waals surface area contributed by atoms with Gasteiger partial charge in [-0.25, -0.2) is 0 Å². The van der Waals surface area contributed by atoms with Crippen molar-refractivity contribution < 1.29 is 13.2 Å². The van der Waals surface area contributed by atoms with Gasteiger partial charge in [0.05, 0.1) is 0 Å². The van der Waals surface area contributed by atoms with Crippen molar-refractivity contribution in [3.8, 4) is 0 Å². The van der Waals surface area contributed by atoms with Gasteiger partial charge in [-0.05, 0) is 18.1 Å². The van der Waals surface area contributed by atoms with E-state index in [0.717, 1.165) is 17.4 Å². The number of thiophene rings is 1. The highest BCUT2D eigenvalue weighted by Gasteiger charge is 2.33. The van der Waals surface area contributed by atoms with Crippen molar-refractivity contribution in [1.82, 2.24) is 0 Å². The molecule has 0 aliphatic carbocycles. The van der Waals surface area contributed by atoms with E-state index < -0.39 is 11.1 Å². The molecule has 0 spiro atoms. The summed E-state index contributed by atoms with van der Waals surface area (Å²) in [4.78, 5) is 0.0101. The van der Waals surface area contributed by atoms with Crippen LogP contribution >= 0.6 is 11.3 Å². The highest BCUT2D eigenvalue weighted by molar-refractivity contribution is 7.12. The highest BCUT2D eigenvalue weighted by Crippen LogP contribution is 2.37. The molecule has 2 N–H and O–H groups in total. The molecule has 1 heterocycles. The lowest BCUT2D eigenvalue weighted by molar-refractivity contribution is -0.134. The van der Waals surface area contributed by atoms with E-state index in [1.165, 1.54) is 6.07 Å². The van der Waals surface area contributed by atoms with Gasteiger partial charge < -0.3 is 5.73 Å². The van der Waals surface area contributed by atoms with Crippen LogP contribution < -0.4 is 5.73 Å². The Morgan fingerprint density at radius 2 is 1.86 bits per heavy atom. The smallest absolute Gasteiger partial charge is 0.323 e. The molecule has 0 saturated carbocycles. The van der Waals surface area contributed by atoms with Crippen LogP contribution in [0.1, 0.15) is 29.6 Å². The topological polar surface area (TPSA) is 26.0 Å². The Kier molecular flexibility index (Phi) is 3.21. The second kappa shape index (κ2) is 3.90. The molecule has 0 amide bonds. The van der Waals surface area contributed by atoms with Crippen LogP contribution in [0, 0.1) is 5.92 Å². The number of nitrogens with two attached hydrogens (primary N) is 1. The predicted molar refractivity (Wildman–Crippen MR) is 51.1 cm³/mol. The fourth-order valence-electron chi connectivity index (χ4n) is 1.01. The normalized spacial score (nSPS) is 14.8. The van der Waals surface area contributed by atoms with Crippen molar-refractivity contribution in [2.24, 2.45) is 11.7 Å². The predicted octanol–water partition coefficient (Wildman–Crippen LogP) is 3.42. The van der Waals surface area contributed by atoms with Crippen molar-refractivity contribution >= 4 is 11.3 Å². The third-order valence-electron chi connectivity index (χ3n) is 1.95. The van der Waals surface area contributed by atoms with Crippen LogP contribution in [0.25, 0.3) is 0 Å². The third-order valence-corrected chi connectivity index (χ3v) is 3.18. The van der Waals surface area contributed by atoms with Gasteiger partial charge in [-0.2, -0.15) is 13.2 Å². The van der Waals surface area contributed by atoms with Crippen LogP contribution in [0.15, 0.2) is 12.1 Å². The summed E-state index contributed by atoms with van der Waals surface area (Å²) in [6.07, 6.45) is -4.25. The maximum Gasteiger partial charge on any atom is 0.425 e. The molecule has 1 aromatic heterocycles. The summed E-state index contributed by atoms with van der Waals surface area (Å²) in [5, 5.41) is 0. The van der Waals surface area contributed by atoms with Gasteiger partial charge in [-0.3, -0.25) is 0 Å². The van der Waals surface area contributed by atoms with E-state index in [0.29, 0.717) is 4.88 Å². The first-order valence-corrected chi connectivity index (χ1v) is 5.06. The maximum absolute atomic E-state index is 12.2. The molecular formula is C9H12F3NS. The zero-order valence-corrected chi connectivity index (χ0v) is 8.75. The Hall–Kier alpha value is -0.550. The minimum atomic E-state index is -4.25. The van der Waals surface area contributed by atoms with Gasteiger partial charge in [-0.15, -0.1) is 11.3 Å². The molecule has 0 bridgehead atoms. The Labute approximate surface area is 84.7 Å². The van der Waals surface area contributed by atoms with Crippen LogP contribution in [0.3, 0.4) is 0 Å². The Morgan fingerprint density at radius 1 is 1.29 bits per heavy atom. The highest BCUT2D eigenvalue weighted by atomic mass is 32.1. The summed E-state index contributed by atoms with van der Waals surface area (Å²) < 4.78 is 36.7. The molecule has 0 aliphatic heterocycles. The summed E-state index contributed by atoms with van der Waals surface area (Å²) >= 11 is 0.726. The lowest BCUT2D eigenvalue weighted by atomic mass is 10.0. The van der Waals surface area contributed by atoms with Crippen molar-refractivity contribution in [1.29, 1.82) is 0 Å².